The molecule has 1 aromatic rings. The van der Waals surface area contributed by atoms with Gasteiger partial charge in [0.15, 0.2) is 5.82 Å². The molecule has 2 nitrogen and oxygen atoms in total. The lowest BCUT2D eigenvalue weighted by molar-refractivity contribution is -0.140. The Morgan fingerprint density at radius 2 is 1.87 bits per heavy atom. The van der Waals surface area contributed by atoms with E-state index >= 15 is 0 Å². The molecule has 1 rings (SSSR count). The number of hydrogen-bond donors (Lipinski definition) is 1. The highest BCUT2D eigenvalue weighted by Gasteiger charge is 2.36. The zero-order valence-corrected chi connectivity index (χ0v) is 9.06. The third-order valence-corrected chi connectivity index (χ3v) is 2.51. The molecule has 0 heterocycles. The third-order valence-electron chi connectivity index (χ3n) is 1.61. The van der Waals surface area contributed by atoms with Gasteiger partial charge in [-0.25, -0.2) is 9.18 Å². The van der Waals surface area contributed by atoms with Crippen LogP contribution in [0.1, 0.15) is 15.9 Å². The van der Waals surface area contributed by atoms with Crippen molar-refractivity contribution >= 4 is 28.6 Å². The van der Waals surface area contributed by atoms with Crippen molar-refractivity contribution in [2.75, 3.05) is 0 Å². The number of halogens is 5. The van der Waals surface area contributed by atoms with E-state index in [0.717, 1.165) is 6.07 Å². The summed E-state index contributed by atoms with van der Waals surface area (Å²) < 4.78 is 49.7. The Labute approximate surface area is 95.0 Å². The maximum absolute atomic E-state index is 13.2. The molecule has 0 saturated heterocycles. The maximum atomic E-state index is 13.2. The van der Waals surface area contributed by atoms with E-state index in [2.05, 4.69) is 0 Å². The fraction of sp³-hybridized carbons (Fsp3) is 0.125. The van der Waals surface area contributed by atoms with Crippen LogP contribution >= 0.6 is 22.6 Å². The molecule has 0 aliphatic carbocycles. The Hall–Kier alpha value is -0.860. The Balaban J connectivity index is 3.49. The van der Waals surface area contributed by atoms with Crippen molar-refractivity contribution in [3.63, 3.8) is 0 Å². The van der Waals surface area contributed by atoms with E-state index in [9.17, 15) is 22.4 Å². The summed E-state index contributed by atoms with van der Waals surface area (Å²) in [7, 11) is 0. The highest BCUT2D eigenvalue weighted by Crippen LogP contribution is 2.33. The average molecular weight is 334 g/mol. The molecule has 1 aromatic carbocycles. The molecule has 0 bridgehead atoms. The van der Waals surface area contributed by atoms with Gasteiger partial charge in [-0.05, 0) is 34.7 Å². The maximum Gasteiger partial charge on any atom is 0.419 e. The molecular weight excluding hydrogens is 331 g/mol. The van der Waals surface area contributed by atoms with Gasteiger partial charge >= 0.3 is 12.1 Å². The van der Waals surface area contributed by atoms with Gasteiger partial charge in [0, 0.05) is 3.57 Å². The van der Waals surface area contributed by atoms with Crippen LogP contribution < -0.4 is 0 Å². The predicted molar refractivity (Wildman–Crippen MR) is 51.1 cm³/mol. The number of rotatable bonds is 1. The molecule has 15 heavy (non-hydrogen) atoms. The van der Waals surface area contributed by atoms with Gasteiger partial charge in [-0.15, -0.1) is 0 Å². The summed E-state index contributed by atoms with van der Waals surface area (Å²) in [6.07, 6.45) is -4.89. The first-order chi connectivity index (χ1) is 6.75. The molecule has 0 atom stereocenters. The minimum atomic E-state index is -4.89. The second-order valence-electron chi connectivity index (χ2n) is 2.59. The number of alkyl halides is 3. The lowest BCUT2D eigenvalue weighted by Crippen LogP contribution is -2.13. The molecule has 0 saturated carbocycles. The first kappa shape index (κ1) is 12.2. The molecule has 82 valence electrons. The van der Waals surface area contributed by atoms with E-state index in [1.807, 2.05) is 0 Å². The fourth-order valence-corrected chi connectivity index (χ4v) is 1.61. The van der Waals surface area contributed by atoms with Crippen LogP contribution in [0.15, 0.2) is 12.1 Å². The molecule has 0 radical (unpaired) electrons. The van der Waals surface area contributed by atoms with Crippen LogP contribution in [0.2, 0.25) is 0 Å². The van der Waals surface area contributed by atoms with Gasteiger partial charge in [-0.1, -0.05) is 0 Å². The Kier molecular flexibility index (Phi) is 3.22. The van der Waals surface area contributed by atoms with Gasteiger partial charge in [0.1, 0.15) is 5.56 Å². The number of carboxylic acid groups (broad SMARTS) is 1. The molecule has 0 aliphatic heterocycles. The van der Waals surface area contributed by atoms with Crippen LogP contribution in [-0.2, 0) is 6.18 Å². The smallest absolute Gasteiger partial charge is 0.419 e. The molecule has 0 spiro atoms. The van der Waals surface area contributed by atoms with E-state index < -0.39 is 29.1 Å². The second-order valence-corrected chi connectivity index (χ2v) is 3.75. The van der Waals surface area contributed by atoms with Gasteiger partial charge in [0.05, 0.1) is 5.56 Å². The predicted octanol–water partition coefficient (Wildman–Crippen LogP) is 3.15. The Morgan fingerprint density at radius 1 is 1.33 bits per heavy atom. The van der Waals surface area contributed by atoms with E-state index in [4.69, 9.17) is 5.11 Å². The van der Waals surface area contributed by atoms with Gasteiger partial charge in [-0.3, -0.25) is 0 Å². The van der Waals surface area contributed by atoms with Gasteiger partial charge < -0.3 is 5.11 Å². The van der Waals surface area contributed by atoms with E-state index in [0.29, 0.717) is 6.07 Å². The summed E-state index contributed by atoms with van der Waals surface area (Å²) in [4.78, 5) is 10.5. The summed E-state index contributed by atoms with van der Waals surface area (Å²) >= 11 is 1.46. The van der Waals surface area contributed by atoms with Crippen LogP contribution in [0.3, 0.4) is 0 Å². The molecule has 0 aromatic heterocycles. The summed E-state index contributed by atoms with van der Waals surface area (Å²) in [5.74, 6) is -3.47. The molecule has 1 N–H and O–H groups in total. The lowest BCUT2D eigenvalue weighted by Gasteiger charge is -2.10. The quantitative estimate of drug-likeness (QED) is 0.633. The second kappa shape index (κ2) is 3.95. The van der Waals surface area contributed by atoms with Crippen LogP contribution in [-0.4, -0.2) is 11.1 Å². The van der Waals surface area contributed by atoms with Crippen LogP contribution in [0.5, 0.6) is 0 Å². The van der Waals surface area contributed by atoms with Gasteiger partial charge in [-0.2, -0.15) is 13.2 Å². The Morgan fingerprint density at radius 3 is 2.27 bits per heavy atom. The highest BCUT2D eigenvalue weighted by molar-refractivity contribution is 14.1. The standard InChI is InChI=1S/C8H3F4IO2/c9-6-3(8(10,11)12)1-2-4(13)5(6)7(14)15/h1-2H,(H,14,15). The molecule has 0 fully saturated rings. The summed E-state index contributed by atoms with van der Waals surface area (Å²) in [6, 6.07) is 1.43. The average Bonchev–Trinajstić information content (AvgIpc) is 2.00. The Bertz CT molecular complexity index is 414. The SMILES string of the molecule is O=C(O)c1c(I)ccc(C(F)(F)F)c1F. The van der Waals surface area contributed by atoms with Crippen LogP contribution in [0.25, 0.3) is 0 Å². The van der Waals surface area contributed by atoms with Crippen molar-refractivity contribution in [1.82, 2.24) is 0 Å². The molecule has 0 unspecified atom stereocenters. The minimum Gasteiger partial charge on any atom is -0.478 e. The number of carbonyl (C=O) groups is 1. The van der Waals surface area contributed by atoms with Crippen LogP contribution in [0, 0.1) is 9.39 Å². The summed E-state index contributed by atoms with van der Waals surface area (Å²) in [5.41, 5.74) is -2.52. The number of aromatic carboxylic acids is 1. The van der Waals surface area contributed by atoms with E-state index in [1.54, 1.807) is 0 Å². The first-order valence-electron chi connectivity index (χ1n) is 3.53. The molecular formula is C8H3F4IO2. The number of carboxylic acids is 1. The summed E-state index contributed by atoms with van der Waals surface area (Å²) in [6.45, 7) is 0. The molecule has 0 aliphatic rings. The zero-order valence-electron chi connectivity index (χ0n) is 6.90. The monoisotopic (exact) mass is 334 g/mol. The van der Waals surface area contributed by atoms with Crippen LogP contribution in [0.4, 0.5) is 17.6 Å². The minimum absolute atomic E-state index is 0.0781. The summed E-state index contributed by atoms with van der Waals surface area (Å²) in [5, 5.41) is 8.52. The molecule has 0 amide bonds. The topological polar surface area (TPSA) is 37.3 Å². The first-order valence-corrected chi connectivity index (χ1v) is 4.61. The number of benzene rings is 1. The van der Waals surface area contributed by atoms with Crippen molar-refractivity contribution < 1.29 is 27.5 Å². The van der Waals surface area contributed by atoms with Gasteiger partial charge in [0.25, 0.3) is 0 Å². The van der Waals surface area contributed by atoms with E-state index in [-0.39, 0.29) is 3.57 Å². The highest BCUT2D eigenvalue weighted by atomic mass is 127. The van der Waals surface area contributed by atoms with E-state index in [1.165, 1.54) is 22.6 Å². The zero-order chi connectivity index (χ0) is 11.8. The third kappa shape index (κ3) is 2.39. The number of hydrogen-bond acceptors (Lipinski definition) is 1. The van der Waals surface area contributed by atoms with Crippen molar-refractivity contribution in [2.45, 2.75) is 6.18 Å². The van der Waals surface area contributed by atoms with Crippen molar-refractivity contribution in [1.29, 1.82) is 0 Å². The van der Waals surface area contributed by atoms with Crippen molar-refractivity contribution in [3.8, 4) is 0 Å². The lowest BCUT2D eigenvalue weighted by atomic mass is 10.1. The normalized spacial score (nSPS) is 11.5. The van der Waals surface area contributed by atoms with Gasteiger partial charge in [0.2, 0.25) is 0 Å². The largest absolute Gasteiger partial charge is 0.478 e. The molecule has 7 heteroatoms. The van der Waals surface area contributed by atoms with Crippen molar-refractivity contribution in [2.24, 2.45) is 0 Å². The fourth-order valence-electron chi connectivity index (χ4n) is 0.967. The van der Waals surface area contributed by atoms with Crippen molar-refractivity contribution in [3.05, 3.63) is 32.6 Å².